The van der Waals surface area contributed by atoms with Crippen molar-refractivity contribution >= 4 is 34.8 Å². The second kappa shape index (κ2) is 7.28. The maximum absolute atomic E-state index is 12.7. The number of hydrogen-bond acceptors (Lipinski definition) is 2. The Morgan fingerprint density at radius 3 is 2.04 bits per heavy atom. The second-order valence-electron chi connectivity index (χ2n) is 6.81. The lowest BCUT2D eigenvalue weighted by Crippen LogP contribution is -2.41. The Morgan fingerprint density at radius 2 is 1.44 bits per heavy atom. The van der Waals surface area contributed by atoms with Gasteiger partial charge in [-0.25, -0.2) is 0 Å². The molecule has 25 heavy (non-hydrogen) atoms. The molecule has 2 amide bonds. The maximum atomic E-state index is 12.7. The van der Waals surface area contributed by atoms with Crippen LogP contribution in [0.4, 0.5) is 11.4 Å². The average Bonchev–Trinajstić information content (AvgIpc) is 2.53. The number of halogens is 1. The van der Waals surface area contributed by atoms with Gasteiger partial charge < -0.3 is 10.6 Å². The van der Waals surface area contributed by atoms with Crippen LogP contribution in [0.25, 0.3) is 0 Å². The van der Waals surface area contributed by atoms with E-state index in [2.05, 4.69) is 10.6 Å². The van der Waals surface area contributed by atoms with Gasteiger partial charge >= 0.3 is 0 Å². The van der Waals surface area contributed by atoms with E-state index in [1.54, 1.807) is 32.0 Å². The zero-order valence-electron chi connectivity index (χ0n) is 15.2. The molecule has 2 rings (SSSR count). The molecular formula is C20H23ClN2O2. The van der Waals surface area contributed by atoms with E-state index in [9.17, 15) is 9.59 Å². The Hall–Kier alpha value is -2.33. The highest BCUT2D eigenvalue weighted by Crippen LogP contribution is 2.26. The summed E-state index contributed by atoms with van der Waals surface area (Å²) in [7, 11) is 0. The lowest BCUT2D eigenvalue weighted by atomic mass is 9.90. The van der Waals surface area contributed by atoms with Crippen molar-refractivity contribution in [2.24, 2.45) is 5.41 Å². The average molecular weight is 359 g/mol. The first-order chi connectivity index (χ1) is 11.6. The summed E-state index contributed by atoms with van der Waals surface area (Å²) >= 11 is 5.93. The molecule has 0 aromatic heterocycles. The largest absolute Gasteiger partial charge is 0.325 e. The number of hydrogen-bond donors (Lipinski definition) is 2. The molecular weight excluding hydrogens is 336 g/mol. The van der Waals surface area contributed by atoms with E-state index in [0.29, 0.717) is 16.4 Å². The highest BCUT2D eigenvalue weighted by atomic mass is 35.5. The standard InChI is InChI=1S/C20H23ClN2O2/c1-12-6-7-13(2)17(10-12)23-19(25)20(4,5)18(24)22-16-9-8-15(21)11-14(16)3/h6-11H,1-5H3,(H,22,24)(H,23,25). The van der Waals surface area contributed by atoms with Gasteiger partial charge in [0.2, 0.25) is 11.8 Å². The van der Waals surface area contributed by atoms with Crippen LogP contribution >= 0.6 is 11.6 Å². The van der Waals surface area contributed by atoms with Crippen LogP contribution in [0, 0.1) is 26.2 Å². The van der Waals surface area contributed by atoms with Crippen LogP contribution in [0.5, 0.6) is 0 Å². The molecule has 2 aromatic rings. The number of carbonyl (C=O) groups is 2. The number of amides is 2. The Morgan fingerprint density at radius 1 is 0.840 bits per heavy atom. The number of rotatable bonds is 4. The number of anilines is 2. The van der Waals surface area contributed by atoms with Crippen molar-refractivity contribution in [3.8, 4) is 0 Å². The van der Waals surface area contributed by atoms with Crippen LogP contribution in [0.3, 0.4) is 0 Å². The van der Waals surface area contributed by atoms with Crippen LogP contribution in [-0.4, -0.2) is 11.8 Å². The Labute approximate surface area is 153 Å². The summed E-state index contributed by atoms with van der Waals surface area (Å²) in [6, 6.07) is 11.0. The van der Waals surface area contributed by atoms with E-state index in [1.165, 1.54) is 0 Å². The summed E-state index contributed by atoms with van der Waals surface area (Å²) in [5.41, 5.74) is 2.95. The molecule has 0 unspecified atom stereocenters. The summed E-state index contributed by atoms with van der Waals surface area (Å²) in [5.74, 6) is -0.731. The molecule has 0 aliphatic rings. The van der Waals surface area contributed by atoms with E-state index in [1.807, 2.05) is 39.0 Å². The predicted octanol–water partition coefficient (Wildman–Crippen LogP) is 4.87. The minimum atomic E-state index is -1.23. The van der Waals surface area contributed by atoms with Crippen molar-refractivity contribution in [1.29, 1.82) is 0 Å². The van der Waals surface area contributed by atoms with Crippen LogP contribution in [0.2, 0.25) is 5.02 Å². The van der Waals surface area contributed by atoms with Gasteiger partial charge in [-0.3, -0.25) is 9.59 Å². The van der Waals surface area contributed by atoms with Gasteiger partial charge in [-0.15, -0.1) is 0 Å². The summed E-state index contributed by atoms with van der Waals surface area (Å²) in [6.45, 7) is 8.93. The van der Waals surface area contributed by atoms with Gasteiger partial charge in [0.25, 0.3) is 0 Å². The smallest absolute Gasteiger partial charge is 0.239 e. The van der Waals surface area contributed by atoms with Crippen molar-refractivity contribution < 1.29 is 9.59 Å². The second-order valence-corrected chi connectivity index (χ2v) is 7.25. The van der Waals surface area contributed by atoms with Crippen molar-refractivity contribution in [3.63, 3.8) is 0 Å². The monoisotopic (exact) mass is 358 g/mol. The predicted molar refractivity (Wildman–Crippen MR) is 103 cm³/mol. The Bertz CT molecular complexity index is 828. The molecule has 0 atom stereocenters. The SMILES string of the molecule is Cc1ccc(C)c(NC(=O)C(C)(C)C(=O)Nc2ccc(Cl)cc2C)c1. The third-order valence-corrected chi connectivity index (χ3v) is 4.45. The van der Waals surface area contributed by atoms with E-state index < -0.39 is 5.41 Å². The van der Waals surface area contributed by atoms with Crippen molar-refractivity contribution in [2.75, 3.05) is 10.6 Å². The van der Waals surface area contributed by atoms with E-state index in [-0.39, 0.29) is 11.8 Å². The molecule has 0 spiro atoms. The van der Waals surface area contributed by atoms with Gasteiger partial charge in [0.1, 0.15) is 5.41 Å². The summed E-state index contributed by atoms with van der Waals surface area (Å²) in [5, 5.41) is 6.27. The van der Waals surface area contributed by atoms with Gasteiger partial charge in [-0.2, -0.15) is 0 Å². The molecule has 0 saturated heterocycles. The van der Waals surface area contributed by atoms with Gasteiger partial charge in [0.05, 0.1) is 0 Å². The number of aryl methyl sites for hydroxylation is 3. The molecule has 2 aromatic carbocycles. The Kier molecular flexibility index (Phi) is 5.53. The third-order valence-electron chi connectivity index (χ3n) is 4.21. The fraction of sp³-hybridized carbons (Fsp3) is 0.300. The quantitative estimate of drug-likeness (QED) is 0.766. The summed E-state index contributed by atoms with van der Waals surface area (Å²) in [6.07, 6.45) is 0. The van der Waals surface area contributed by atoms with E-state index >= 15 is 0 Å². The molecule has 0 heterocycles. The molecule has 132 valence electrons. The van der Waals surface area contributed by atoms with Crippen LogP contribution in [-0.2, 0) is 9.59 Å². The summed E-state index contributed by atoms with van der Waals surface area (Å²) in [4.78, 5) is 25.3. The van der Waals surface area contributed by atoms with Gasteiger partial charge in [0.15, 0.2) is 0 Å². The molecule has 0 saturated carbocycles. The molecule has 0 bridgehead atoms. The van der Waals surface area contributed by atoms with Crippen LogP contribution in [0.15, 0.2) is 36.4 Å². The Balaban J connectivity index is 2.17. The maximum Gasteiger partial charge on any atom is 0.239 e. The minimum Gasteiger partial charge on any atom is -0.325 e. The molecule has 0 aliphatic heterocycles. The number of nitrogens with one attached hydrogen (secondary N) is 2. The van der Waals surface area contributed by atoms with Crippen molar-refractivity contribution in [1.82, 2.24) is 0 Å². The fourth-order valence-corrected chi connectivity index (χ4v) is 2.52. The van der Waals surface area contributed by atoms with Crippen molar-refractivity contribution in [3.05, 3.63) is 58.1 Å². The van der Waals surface area contributed by atoms with Gasteiger partial charge in [-0.1, -0.05) is 23.7 Å². The molecule has 5 heteroatoms. The topological polar surface area (TPSA) is 58.2 Å². The number of benzene rings is 2. The molecule has 4 nitrogen and oxygen atoms in total. The lowest BCUT2D eigenvalue weighted by Gasteiger charge is -2.24. The number of carbonyl (C=O) groups excluding carboxylic acids is 2. The molecule has 0 aliphatic carbocycles. The van der Waals surface area contributed by atoms with Crippen LogP contribution < -0.4 is 10.6 Å². The lowest BCUT2D eigenvalue weighted by molar-refractivity contribution is -0.135. The normalized spacial score (nSPS) is 11.1. The summed E-state index contributed by atoms with van der Waals surface area (Å²) < 4.78 is 0. The van der Waals surface area contributed by atoms with E-state index in [0.717, 1.165) is 16.7 Å². The van der Waals surface area contributed by atoms with Gasteiger partial charge in [0, 0.05) is 16.4 Å². The molecule has 2 N–H and O–H groups in total. The van der Waals surface area contributed by atoms with Crippen LogP contribution in [0.1, 0.15) is 30.5 Å². The highest BCUT2D eigenvalue weighted by molar-refractivity contribution is 6.30. The van der Waals surface area contributed by atoms with Gasteiger partial charge in [-0.05, 0) is 75.6 Å². The third kappa shape index (κ3) is 4.40. The first kappa shape index (κ1) is 19.0. The highest BCUT2D eigenvalue weighted by Gasteiger charge is 2.36. The first-order valence-corrected chi connectivity index (χ1v) is 8.45. The zero-order valence-corrected chi connectivity index (χ0v) is 15.9. The molecule has 0 radical (unpaired) electrons. The first-order valence-electron chi connectivity index (χ1n) is 8.07. The molecule has 0 fully saturated rings. The fourth-order valence-electron chi connectivity index (χ4n) is 2.30. The zero-order chi connectivity index (χ0) is 18.8. The minimum absolute atomic E-state index is 0.356. The van der Waals surface area contributed by atoms with Crippen molar-refractivity contribution in [2.45, 2.75) is 34.6 Å². The van der Waals surface area contributed by atoms with E-state index in [4.69, 9.17) is 11.6 Å².